The van der Waals surface area contributed by atoms with E-state index in [4.69, 9.17) is 41.9 Å². The van der Waals surface area contributed by atoms with Crippen molar-refractivity contribution in [2.24, 2.45) is 28.9 Å². The van der Waals surface area contributed by atoms with Crippen LogP contribution in [0.2, 0.25) is 0 Å². The van der Waals surface area contributed by atoms with Crippen LogP contribution < -0.4 is 33.6 Å². The molecule has 268 valence electrons. The second kappa shape index (κ2) is 16.5. The number of carbonyl (C=O) groups excluding carboxylic acids is 1. The van der Waals surface area contributed by atoms with Crippen LogP contribution in [0.5, 0.6) is 0 Å². The topological polar surface area (TPSA) is 344 Å². The zero-order valence-corrected chi connectivity index (χ0v) is 25.5. The summed E-state index contributed by atoms with van der Waals surface area (Å²) in [5, 5.41) is 89.8. The molecule has 19 nitrogen and oxygen atoms in total. The normalized spacial score (nSPS) is 47.2. The van der Waals surface area contributed by atoms with Crippen LogP contribution in [0.25, 0.3) is 0 Å². The molecular weight excluding hydrogens is 616 g/mol. The van der Waals surface area contributed by atoms with Gasteiger partial charge in [-0.2, -0.15) is 0 Å². The molecule has 0 aromatic rings. The first-order valence-electron chi connectivity index (χ1n) is 15.7. The lowest BCUT2D eigenvalue weighted by Gasteiger charge is -2.49. The number of hydrogen-bond acceptors (Lipinski definition) is 18. The molecule has 18 N–H and O–H groups in total. The summed E-state index contributed by atoms with van der Waals surface area (Å²) in [6.45, 7) is 0.0508. The van der Waals surface area contributed by atoms with Crippen molar-refractivity contribution in [3.8, 4) is 0 Å². The molecule has 46 heavy (non-hydrogen) atoms. The van der Waals surface area contributed by atoms with E-state index in [1.165, 1.54) is 0 Å². The molecule has 16 unspecified atom stereocenters. The Morgan fingerprint density at radius 3 is 2.07 bits per heavy atom. The molecule has 2 saturated carbocycles. The number of amides is 1. The molecule has 16 atom stereocenters. The fourth-order valence-corrected chi connectivity index (χ4v) is 6.42. The van der Waals surface area contributed by atoms with E-state index in [2.05, 4.69) is 10.6 Å². The van der Waals surface area contributed by atoms with Crippen molar-refractivity contribution in [2.45, 2.75) is 130 Å². The van der Waals surface area contributed by atoms with Gasteiger partial charge in [-0.05, 0) is 44.7 Å². The SMILES string of the molecule is NCCC(O)C(=O)NC1CC(N)C(OC2OC(CNCC3CC(N)C3)C(O)C(O)C2O)C(O)C1OC1OC(CO)C(O)C(N)C1O. The van der Waals surface area contributed by atoms with Crippen LogP contribution in [0.1, 0.15) is 25.7 Å². The highest BCUT2D eigenvalue weighted by atomic mass is 16.7. The van der Waals surface area contributed by atoms with E-state index in [0.29, 0.717) is 12.5 Å². The van der Waals surface area contributed by atoms with Crippen molar-refractivity contribution in [2.75, 3.05) is 26.2 Å². The summed E-state index contributed by atoms with van der Waals surface area (Å²) < 4.78 is 23.2. The van der Waals surface area contributed by atoms with Gasteiger partial charge in [0.1, 0.15) is 67.1 Å². The third-order valence-corrected chi connectivity index (χ3v) is 9.33. The number of nitrogens with one attached hydrogen (secondary N) is 2. The molecule has 0 aromatic carbocycles. The molecule has 2 aliphatic heterocycles. The molecule has 0 radical (unpaired) electrons. The first kappa shape index (κ1) is 37.6. The van der Waals surface area contributed by atoms with E-state index in [9.17, 15) is 45.6 Å². The predicted octanol–water partition coefficient (Wildman–Crippen LogP) is -8.06. The van der Waals surface area contributed by atoms with Crippen LogP contribution in [0.4, 0.5) is 0 Å². The van der Waals surface area contributed by atoms with Crippen LogP contribution in [0, 0.1) is 5.92 Å². The van der Waals surface area contributed by atoms with Crippen LogP contribution in [-0.4, -0.2) is 177 Å². The summed E-state index contributed by atoms with van der Waals surface area (Å²) >= 11 is 0. The molecule has 0 spiro atoms. The molecule has 1 amide bonds. The van der Waals surface area contributed by atoms with E-state index < -0.39 is 110 Å². The molecule has 2 aliphatic carbocycles. The van der Waals surface area contributed by atoms with Gasteiger partial charge >= 0.3 is 0 Å². The van der Waals surface area contributed by atoms with Crippen LogP contribution in [-0.2, 0) is 23.7 Å². The van der Waals surface area contributed by atoms with E-state index in [0.717, 1.165) is 12.8 Å². The van der Waals surface area contributed by atoms with Crippen molar-refractivity contribution in [1.29, 1.82) is 0 Å². The molecule has 19 heteroatoms. The van der Waals surface area contributed by atoms with Gasteiger partial charge in [-0.15, -0.1) is 0 Å². The van der Waals surface area contributed by atoms with Gasteiger partial charge in [-0.3, -0.25) is 4.79 Å². The second-order valence-electron chi connectivity index (χ2n) is 12.9. The van der Waals surface area contributed by atoms with Crippen LogP contribution >= 0.6 is 0 Å². The van der Waals surface area contributed by atoms with E-state index in [1.807, 2.05) is 0 Å². The Kier molecular flexibility index (Phi) is 13.5. The summed E-state index contributed by atoms with van der Waals surface area (Å²) in [5.41, 5.74) is 23.6. The van der Waals surface area contributed by atoms with E-state index in [1.54, 1.807) is 0 Å². The smallest absolute Gasteiger partial charge is 0.249 e. The minimum Gasteiger partial charge on any atom is -0.394 e. The Morgan fingerprint density at radius 2 is 1.43 bits per heavy atom. The van der Waals surface area contributed by atoms with Crippen molar-refractivity contribution in [3.63, 3.8) is 0 Å². The first-order chi connectivity index (χ1) is 21.8. The zero-order chi connectivity index (χ0) is 33.9. The van der Waals surface area contributed by atoms with Gasteiger partial charge in [0.15, 0.2) is 12.6 Å². The lowest BCUT2D eigenvalue weighted by Crippen LogP contribution is -2.69. The number of ether oxygens (including phenoxy) is 4. The molecule has 4 rings (SSSR count). The largest absolute Gasteiger partial charge is 0.394 e. The van der Waals surface area contributed by atoms with Gasteiger partial charge in [-0.1, -0.05) is 0 Å². The van der Waals surface area contributed by atoms with E-state index in [-0.39, 0.29) is 32.0 Å². The van der Waals surface area contributed by atoms with Crippen molar-refractivity contribution in [1.82, 2.24) is 10.6 Å². The summed E-state index contributed by atoms with van der Waals surface area (Å²) in [6.07, 6.45) is -17.9. The van der Waals surface area contributed by atoms with Gasteiger partial charge in [-0.25, -0.2) is 0 Å². The number of hydrogen-bond donors (Lipinski definition) is 14. The lowest BCUT2D eigenvalue weighted by atomic mass is 9.81. The first-order valence-corrected chi connectivity index (χ1v) is 15.7. The van der Waals surface area contributed by atoms with Crippen molar-refractivity contribution < 1.29 is 64.6 Å². The fourth-order valence-electron chi connectivity index (χ4n) is 6.42. The minimum atomic E-state index is -1.74. The van der Waals surface area contributed by atoms with E-state index >= 15 is 0 Å². The molecule has 0 bridgehead atoms. The number of nitrogens with two attached hydrogens (primary N) is 4. The quantitative estimate of drug-likeness (QED) is 0.0866. The Balaban J connectivity index is 1.49. The lowest BCUT2D eigenvalue weighted by molar-refractivity contribution is -0.333. The maximum Gasteiger partial charge on any atom is 0.249 e. The number of rotatable bonds is 13. The summed E-state index contributed by atoms with van der Waals surface area (Å²) in [7, 11) is 0. The van der Waals surface area contributed by atoms with Crippen LogP contribution in [0.15, 0.2) is 0 Å². The van der Waals surface area contributed by atoms with Gasteiger partial charge < -0.3 is 93.4 Å². The van der Waals surface area contributed by atoms with Gasteiger partial charge in [0.2, 0.25) is 5.91 Å². The average Bonchev–Trinajstić information content (AvgIpc) is 3.00. The second-order valence-corrected chi connectivity index (χ2v) is 12.9. The minimum absolute atomic E-state index is 0.0115. The monoisotopic (exact) mass is 668 g/mol. The maximum atomic E-state index is 12.7. The Hall–Kier alpha value is -1.21. The highest BCUT2D eigenvalue weighted by molar-refractivity contribution is 5.80. The highest BCUT2D eigenvalue weighted by Crippen LogP contribution is 2.32. The van der Waals surface area contributed by atoms with Gasteiger partial charge in [0, 0.05) is 18.6 Å². The van der Waals surface area contributed by atoms with Gasteiger partial charge in [0.25, 0.3) is 0 Å². The molecule has 4 aliphatic rings. The Labute approximate surface area is 266 Å². The number of carbonyl (C=O) groups is 1. The van der Waals surface area contributed by atoms with Gasteiger partial charge in [0.05, 0.1) is 18.7 Å². The van der Waals surface area contributed by atoms with Crippen molar-refractivity contribution in [3.05, 3.63) is 0 Å². The zero-order valence-electron chi connectivity index (χ0n) is 25.5. The molecule has 4 fully saturated rings. The number of aliphatic hydroxyl groups is 8. The Morgan fingerprint density at radius 1 is 0.804 bits per heavy atom. The molecule has 2 heterocycles. The summed E-state index contributed by atoms with van der Waals surface area (Å²) in [5.74, 6) is -0.469. The average molecular weight is 669 g/mol. The highest BCUT2D eigenvalue weighted by Gasteiger charge is 2.52. The maximum absolute atomic E-state index is 12.7. The third kappa shape index (κ3) is 8.50. The molecule has 2 saturated heterocycles. The summed E-state index contributed by atoms with van der Waals surface area (Å²) in [4.78, 5) is 12.7. The standard InChI is InChI=1S/C27H52N6O13/c28-2-1-13(35)25(42)33-12-5-11(30)23(22(41)24(12)46-26-19(38)16(31)17(36)15(8-34)44-26)45-27-21(40)20(39)18(37)14(43-27)7-32-6-9-3-10(29)4-9/h9-24,26-27,32,34-41H,1-8,28-31H2,(H,33,42). The molecular formula is C27H52N6O13. The summed E-state index contributed by atoms with van der Waals surface area (Å²) in [6, 6.07) is -3.29. The predicted molar refractivity (Wildman–Crippen MR) is 156 cm³/mol. The Bertz CT molecular complexity index is 969. The number of aliphatic hydroxyl groups excluding tert-OH is 8. The fraction of sp³-hybridized carbons (Fsp3) is 0.963. The van der Waals surface area contributed by atoms with Crippen molar-refractivity contribution >= 4 is 5.91 Å². The van der Waals surface area contributed by atoms with Crippen LogP contribution in [0.3, 0.4) is 0 Å². The molecule has 0 aromatic heterocycles. The third-order valence-electron chi connectivity index (χ3n) is 9.33.